The summed E-state index contributed by atoms with van der Waals surface area (Å²) in [7, 11) is 0. The van der Waals surface area contributed by atoms with Gasteiger partial charge in [-0.1, -0.05) is 6.92 Å². The molecule has 5 heteroatoms. The van der Waals surface area contributed by atoms with Crippen molar-refractivity contribution in [3.63, 3.8) is 0 Å². The number of rotatable bonds is 4. The van der Waals surface area contributed by atoms with Gasteiger partial charge in [0.2, 0.25) is 5.89 Å². The van der Waals surface area contributed by atoms with Crippen molar-refractivity contribution in [3.05, 3.63) is 47.4 Å². The summed E-state index contributed by atoms with van der Waals surface area (Å²) in [5.74, 6) is 0.832. The summed E-state index contributed by atoms with van der Waals surface area (Å²) < 4.78 is 18.7. The molecule has 0 saturated carbocycles. The van der Waals surface area contributed by atoms with Crippen LogP contribution in [-0.4, -0.2) is 4.98 Å². The molecule has 2 aromatic rings. The summed E-state index contributed by atoms with van der Waals surface area (Å²) >= 11 is 0. The van der Waals surface area contributed by atoms with Crippen molar-refractivity contribution in [2.24, 2.45) is 0 Å². The molecule has 0 saturated heterocycles. The first-order chi connectivity index (χ1) is 8.72. The lowest BCUT2D eigenvalue weighted by atomic mass is 10.2. The van der Waals surface area contributed by atoms with Crippen LogP contribution in [-0.2, 0) is 13.0 Å². The molecule has 1 N–H and O–H groups in total. The van der Waals surface area contributed by atoms with E-state index < -0.39 is 5.82 Å². The summed E-state index contributed by atoms with van der Waals surface area (Å²) in [6.45, 7) is 2.36. The zero-order valence-corrected chi connectivity index (χ0v) is 9.90. The van der Waals surface area contributed by atoms with E-state index in [0.717, 1.165) is 12.2 Å². The number of hydrogen-bond donors (Lipinski definition) is 1. The fourth-order valence-corrected chi connectivity index (χ4v) is 1.49. The molecule has 0 aliphatic carbocycles. The highest BCUT2D eigenvalue weighted by Gasteiger charge is 2.05. The highest BCUT2D eigenvalue weighted by Crippen LogP contribution is 2.15. The smallest absolute Gasteiger partial charge is 0.213 e. The average molecular weight is 245 g/mol. The molecule has 18 heavy (non-hydrogen) atoms. The molecule has 0 amide bonds. The maximum Gasteiger partial charge on any atom is 0.213 e. The number of aromatic nitrogens is 1. The van der Waals surface area contributed by atoms with Gasteiger partial charge in [0.05, 0.1) is 18.3 Å². The largest absolute Gasteiger partial charge is 0.444 e. The Balaban J connectivity index is 2.02. The van der Waals surface area contributed by atoms with Crippen molar-refractivity contribution < 1.29 is 8.81 Å². The van der Waals surface area contributed by atoms with Crippen molar-refractivity contribution in [1.82, 2.24) is 4.98 Å². The maximum absolute atomic E-state index is 13.3. The molecule has 0 unspecified atom stereocenters. The Morgan fingerprint density at radius 1 is 1.50 bits per heavy atom. The summed E-state index contributed by atoms with van der Waals surface area (Å²) in [5, 5.41) is 11.6. The molecule has 1 heterocycles. The molecule has 0 bridgehead atoms. The van der Waals surface area contributed by atoms with Crippen molar-refractivity contribution in [1.29, 1.82) is 5.26 Å². The van der Waals surface area contributed by atoms with E-state index in [-0.39, 0.29) is 5.56 Å². The molecule has 0 aliphatic heterocycles. The minimum Gasteiger partial charge on any atom is -0.444 e. The molecule has 4 nitrogen and oxygen atoms in total. The third-order valence-electron chi connectivity index (χ3n) is 2.48. The van der Waals surface area contributed by atoms with Crippen LogP contribution in [0.1, 0.15) is 24.1 Å². The van der Waals surface area contributed by atoms with Crippen LogP contribution in [0.25, 0.3) is 0 Å². The summed E-state index contributed by atoms with van der Waals surface area (Å²) in [4.78, 5) is 4.08. The standard InChI is InChI=1S/C13H12FN3O/c1-2-11-7-17-13(18-11)8-16-10-4-3-9(6-15)12(14)5-10/h3-5,7,16H,2,8H2,1H3. The van der Waals surface area contributed by atoms with E-state index in [2.05, 4.69) is 10.3 Å². The van der Waals surface area contributed by atoms with Gasteiger partial charge in [-0.05, 0) is 18.2 Å². The van der Waals surface area contributed by atoms with Gasteiger partial charge in [0.1, 0.15) is 17.6 Å². The minimum atomic E-state index is -0.538. The highest BCUT2D eigenvalue weighted by molar-refractivity contribution is 5.48. The molecule has 0 radical (unpaired) electrons. The molecule has 92 valence electrons. The van der Waals surface area contributed by atoms with E-state index >= 15 is 0 Å². The maximum atomic E-state index is 13.3. The van der Waals surface area contributed by atoms with Crippen LogP contribution in [0, 0.1) is 17.1 Å². The number of oxazole rings is 1. The third-order valence-corrected chi connectivity index (χ3v) is 2.48. The van der Waals surface area contributed by atoms with Gasteiger partial charge >= 0.3 is 0 Å². The number of halogens is 1. The predicted octanol–water partition coefficient (Wildman–Crippen LogP) is 2.86. The first-order valence-electron chi connectivity index (χ1n) is 5.60. The van der Waals surface area contributed by atoms with Crippen LogP contribution in [0.4, 0.5) is 10.1 Å². The second-order valence-corrected chi connectivity index (χ2v) is 3.73. The predicted molar refractivity (Wildman–Crippen MR) is 64.3 cm³/mol. The first kappa shape index (κ1) is 12.1. The molecule has 0 atom stereocenters. The van der Waals surface area contributed by atoms with Crippen molar-refractivity contribution >= 4 is 5.69 Å². The Labute approximate surface area is 104 Å². The lowest BCUT2D eigenvalue weighted by Gasteiger charge is -2.04. The first-order valence-corrected chi connectivity index (χ1v) is 5.60. The molecule has 2 rings (SSSR count). The lowest BCUT2D eigenvalue weighted by molar-refractivity contribution is 0.466. The van der Waals surface area contributed by atoms with Gasteiger partial charge in [-0.15, -0.1) is 0 Å². The molecule has 0 fully saturated rings. The van der Waals surface area contributed by atoms with Crippen LogP contribution in [0.3, 0.4) is 0 Å². The van der Waals surface area contributed by atoms with E-state index in [4.69, 9.17) is 9.68 Å². The van der Waals surface area contributed by atoms with E-state index in [1.165, 1.54) is 12.1 Å². The fraction of sp³-hybridized carbons (Fsp3) is 0.231. The number of hydrogen-bond acceptors (Lipinski definition) is 4. The summed E-state index contributed by atoms with van der Waals surface area (Å²) in [6, 6.07) is 6.13. The number of nitrogens with one attached hydrogen (secondary N) is 1. The van der Waals surface area contributed by atoms with Gasteiger partial charge in [0, 0.05) is 12.1 Å². The minimum absolute atomic E-state index is 0.0324. The van der Waals surface area contributed by atoms with Crippen molar-refractivity contribution in [2.75, 3.05) is 5.32 Å². The van der Waals surface area contributed by atoms with Crippen molar-refractivity contribution in [3.8, 4) is 6.07 Å². The average Bonchev–Trinajstić information content (AvgIpc) is 2.84. The van der Waals surface area contributed by atoms with E-state index in [1.54, 1.807) is 18.3 Å². The number of nitriles is 1. The number of anilines is 1. The van der Waals surface area contributed by atoms with Crippen molar-refractivity contribution in [2.45, 2.75) is 19.9 Å². The van der Waals surface area contributed by atoms with Gasteiger partial charge in [-0.25, -0.2) is 9.37 Å². The fourth-order valence-electron chi connectivity index (χ4n) is 1.49. The molecule has 1 aromatic heterocycles. The topological polar surface area (TPSA) is 61.9 Å². The summed E-state index contributed by atoms with van der Waals surface area (Å²) in [6.07, 6.45) is 2.47. The third kappa shape index (κ3) is 2.66. The molecule has 0 aliphatic rings. The number of nitrogens with zero attached hydrogens (tertiary/aromatic N) is 2. The number of benzene rings is 1. The zero-order valence-electron chi connectivity index (χ0n) is 9.90. The van der Waals surface area contributed by atoms with Gasteiger partial charge in [0.25, 0.3) is 0 Å². The molecular formula is C13H12FN3O. The van der Waals surface area contributed by atoms with Crippen LogP contribution < -0.4 is 5.32 Å². The number of aryl methyl sites for hydroxylation is 1. The normalized spacial score (nSPS) is 10.1. The van der Waals surface area contributed by atoms with Crippen LogP contribution in [0.15, 0.2) is 28.8 Å². The van der Waals surface area contributed by atoms with Gasteiger partial charge < -0.3 is 9.73 Å². The monoisotopic (exact) mass is 245 g/mol. The quantitative estimate of drug-likeness (QED) is 0.899. The Hall–Kier alpha value is -2.35. The second kappa shape index (κ2) is 5.32. The lowest BCUT2D eigenvalue weighted by Crippen LogP contribution is -2.00. The Bertz CT molecular complexity index is 586. The Kier molecular flexibility index (Phi) is 3.58. The summed E-state index contributed by atoms with van der Waals surface area (Å²) in [5.41, 5.74) is 0.618. The van der Waals surface area contributed by atoms with Crippen LogP contribution in [0.2, 0.25) is 0 Å². The molecule has 0 spiro atoms. The second-order valence-electron chi connectivity index (χ2n) is 3.73. The SMILES string of the molecule is CCc1cnc(CNc2ccc(C#N)c(F)c2)o1. The zero-order chi connectivity index (χ0) is 13.0. The van der Waals surface area contributed by atoms with Crippen LogP contribution in [0.5, 0.6) is 0 Å². The molecule has 1 aromatic carbocycles. The highest BCUT2D eigenvalue weighted by atomic mass is 19.1. The van der Waals surface area contributed by atoms with Gasteiger partial charge in [-0.3, -0.25) is 0 Å². The van der Waals surface area contributed by atoms with Gasteiger partial charge in [0.15, 0.2) is 0 Å². The van der Waals surface area contributed by atoms with E-state index in [9.17, 15) is 4.39 Å². The Morgan fingerprint density at radius 2 is 2.33 bits per heavy atom. The van der Waals surface area contributed by atoms with E-state index in [1.807, 2.05) is 6.92 Å². The van der Waals surface area contributed by atoms with Gasteiger partial charge in [-0.2, -0.15) is 5.26 Å². The molecular weight excluding hydrogens is 233 g/mol. The van der Waals surface area contributed by atoms with Crippen LogP contribution >= 0.6 is 0 Å². The van der Waals surface area contributed by atoms with E-state index in [0.29, 0.717) is 18.1 Å². The Morgan fingerprint density at radius 3 is 2.94 bits per heavy atom.